The van der Waals surface area contributed by atoms with Gasteiger partial charge in [0.2, 0.25) is 0 Å². The molecule has 1 fully saturated rings. The van der Waals surface area contributed by atoms with Gasteiger partial charge < -0.3 is 10.2 Å². The molecule has 2 heterocycles. The minimum atomic E-state index is -0.162. The molecular weight excluding hydrogens is 334 g/mol. The second-order valence-corrected chi connectivity index (χ2v) is 6.71. The Morgan fingerprint density at radius 2 is 1.95 bits per heavy atom. The van der Waals surface area contributed by atoms with Crippen molar-refractivity contribution in [2.24, 2.45) is 4.99 Å². The fourth-order valence-electron chi connectivity index (χ4n) is 2.84. The number of rotatable bonds is 2. The van der Waals surface area contributed by atoms with E-state index in [0.717, 1.165) is 53.2 Å². The third-order valence-electron chi connectivity index (χ3n) is 4.14. The highest BCUT2D eigenvalue weighted by atomic mass is 79.9. The number of piperidine rings is 1. The molecule has 1 aromatic rings. The van der Waals surface area contributed by atoms with Crippen molar-refractivity contribution in [2.75, 3.05) is 19.6 Å². The lowest BCUT2D eigenvalue weighted by Gasteiger charge is -2.37. The standard InChI is InChI=1S/C15H18BrN3S/c1-2-19-9-7-15(8-10-19)17-13(14(20)18-15)11-3-5-12(16)6-4-11/h3-6H,2,7-10H2,1H3,(H,18,20). The molecule has 2 aliphatic heterocycles. The zero-order chi connectivity index (χ0) is 14.2. The van der Waals surface area contributed by atoms with E-state index in [0.29, 0.717) is 0 Å². The Bertz CT molecular complexity index is 545. The van der Waals surface area contributed by atoms with Gasteiger partial charge in [0.1, 0.15) is 16.4 Å². The van der Waals surface area contributed by atoms with E-state index in [4.69, 9.17) is 17.2 Å². The Morgan fingerprint density at radius 1 is 1.30 bits per heavy atom. The zero-order valence-corrected chi connectivity index (χ0v) is 13.9. The Balaban J connectivity index is 1.84. The lowest BCUT2D eigenvalue weighted by molar-refractivity contribution is 0.164. The predicted octanol–water partition coefficient (Wildman–Crippen LogP) is 2.98. The molecule has 0 saturated carbocycles. The number of nitrogens with zero attached hydrogens (tertiary/aromatic N) is 2. The second-order valence-electron chi connectivity index (χ2n) is 5.39. The van der Waals surface area contributed by atoms with Crippen molar-refractivity contribution in [1.29, 1.82) is 0 Å². The smallest absolute Gasteiger partial charge is 0.133 e. The monoisotopic (exact) mass is 351 g/mol. The van der Waals surface area contributed by atoms with Crippen molar-refractivity contribution in [3.63, 3.8) is 0 Å². The molecule has 3 rings (SSSR count). The van der Waals surface area contributed by atoms with Crippen LogP contribution in [-0.2, 0) is 0 Å². The molecule has 106 valence electrons. The molecule has 5 heteroatoms. The molecule has 0 aromatic heterocycles. The minimum absolute atomic E-state index is 0.162. The molecule has 2 aliphatic rings. The van der Waals surface area contributed by atoms with Crippen molar-refractivity contribution in [2.45, 2.75) is 25.4 Å². The average molecular weight is 352 g/mol. The number of nitrogens with one attached hydrogen (secondary N) is 1. The third-order valence-corrected chi connectivity index (χ3v) is 4.96. The van der Waals surface area contributed by atoms with E-state index in [9.17, 15) is 0 Å². The highest BCUT2D eigenvalue weighted by molar-refractivity contribution is 9.10. The van der Waals surface area contributed by atoms with Crippen LogP contribution < -0.4 is 5.32 Å². The Morgan fingerprint density at radius 3 is 2.55 bits per heavy atom. The van der Waals surface area contributed by atoms with Crippen LogP contribution in [0.15, 0.2) is 33.7 Å². The molecule has 1 saturated heterocycles. The van der Waals surface area contributed by atoms with Gasteiger partial charge in [0.05, 0.1) is 0 Å². The van der Waals surface area contributed by atoms with Gasteiger partial charge in [-0.1, -0.05) is 47.2 Å². The first kappa shape index (κ1) is 14.2. The summed E-state index contributed by atoms with van der Waals surface area (Å²) in [6.07, 6.45) is 2.06. The number of hydrogen-bond acceptors (Lipinski definition) is 3. The van der Waals surface area contributed by atoms with Gasteiger partial charge in [-0.15, -0.1) is 0 Å². The number of aliphatic imine (C=N–C) groups is 1. The van der Waals surface area contributed by atoms with E-state index in [1.165, 1.54) is 0 Å². The van der Waals surface area contributed by atoms with Gasteiger partial charge in [-0.3, -0.25) is 4.99 Å². The maximum Gasteiger partial charge on any atom is 0.133 e. The van der Waals surface area contributed by atoms with Gasteiger partial charge in [-0.05, 0) is 18.7 Å². The third kappa shape index (κ3) is 2.67. The van der Waals surface area contributed by atoms with Crippen molar-refractivity contribution < 1.29 is 0 Å². The summed E-state index contributed by atoms with van der Waals surface area (Å²) in [5, 5.41) is 3.47. The Hall–Kier alpha value is -0.780. The van der Waals surface area contributed by atoms with Crippen LogP contribution in [0.5, 0.6) is 0 Å². The first-order valence-electron chi connectivity index (χ1n) is 7.02. The quantitative estimate of drug-likeness (QED) is 0.830. The molecule has 1 N–H and O–H groups in total. The van der Waals surface area contributed by atoms with Crippen molar-refractivity contribution in [3.05, 3.63) is 34.3 Å². The van der Waals surface area contributed by atoms with Crippen LogP contribution in [0.3, 0.4) is 0 Å². The van der Waals surface area contributed by atoms with Crippen molar-refractivity contribution >= 4 is 38.8 Å². The fraction of sp³-hybridized carbons (Fsp3) is 0.467. The minimum Gasteiger partial charge on any atom is -0.350 e. The molecule has 1 aromatic carbocycles. The summed E-state index contributed by atoms with van der Waals surface area (Å²) in [6.45, 7) is 5.50. The number of hydrogen-bond donors (Lipinski definition) is 1. The summed E-state index contributed by atoms with van der Waals surface area (Å²) < 4.78 is 1.07. The van der Waals surface area contributed by atoms with Gasteiger partial charge >= 0.3 is 0 Å². The highest BCUT2D eigenvalue weighted by Gasteiger charge is 2.39. The first-order chi connectivity index (χ1) is 9.62. The lowest BCUT2D eigenvalue weighted by Crippen LogP contribution is -2.50. The predicted molar refractivity (Wildman–Crippen MR) is 90.5 cm³/mol. The SMILES string of the molecule is CCN1CCC2(CC1)N=C(c1ccc(Br)cc1)C(=S)N2. The number of benzene rings is 1. The van der Waals surface area contributed by atoms with E-state index in [1.54, 1.807) is 0 Å². The largest absolute Gasteiger partial charge is 0.350 e. The molecule has 0 bridgehead atoms. The molecule has 0 amide bonds. The average Bonchev–Trinajstić information content (AvgIpc) is 2.77. The number of thiocarbonyl (C=S) groups is 1. The van der Waals surface area contributed by atoms with Gasteiger partial charge in [0.25, 0.3) is 0 Å². The summed E-state index contributed by atoms with van der Waals surface area (Å²) >= 11 is 8.96. The number of likely N-dealkylation sites (tertiary alicyclic amines) is 1. The van der Waals surface area contributed by atoms with Crippen molar-refractivity contribution in [3.8, 4) is 0 Å². The molecule has 20 heavy (non-hydrogen) atoms. The van der Waals surface area contributed by atoms with Crippen LogP contribution in [-0.4, -0.2) is 40.9 Å². The highest BCUT2D eigenvalue weighted by Crippen LogP contribution is 2.29. The summed E-state index contributed by atoms with van der Waals surface area (Å²) in [6, 6.07) is 8.20. The molecule has 0 unspecified atom stereocenters. The lowest BCUT2D eigenvalue weighted by atomic mass is 9.98. The maximum absolute atomic E-state index is 5.50. The fourth-order valence-corrected chi connectivity index (χ4v) is 3.46. The van der Waals surface area contributed by atoms with E-state index in [1.807, 2.05) is 12.1 Å². The van der Waals surface area contributed by atoms with E-state index in [-0.39, 0.29) is 5.66 Å². The number of halogens is 1. The molecule has 3 nitrogen and oxygen atoms in total. The normalized spacial score (nSPS) is 21.9. The van der Waals surface area contributed by atoms with E-state index >= 15 is 0 Å². The van der Waals surface area contributed by atoms with E-state index < -0.39 is 0 Å². The first-order valence-corrected chi connectivity index (χ1v) is 8.23. The Labute approximate surface area is 133 Å². The van der Waals surface area contributed by atoms with Gasteiger partial charge in [-0.25, -0.2) is 0 Å². The van der Waals surface area contributed by atoms with Crippen LogP contribution in [0.4, 0.5) is 0 Å². The summed E-state index contributed by atoms with van der Waals surface area (Å²) in [7, 11) is 0. The molecule has 0 radical (unpaired) electrons. The van der Waals surface area contributed by atoms with Crippen LogP contribution in [0, 0.1) is 0 Å². The van der Waals surface area contributed by atoms with Gasteiger partial charge in [0.15, 0.2) is 0 Å². The summed E-state index contributed by atoms with van der Waals surface area (Å²) in [5.41, 5.74) is 1.88. The van der Waals surface area contributed by atoms with Crippen LogP contribution >= 0.6 is 28.1 Å². The van der Waals surface area contributed by atoms with Crippen LogP contribution in [0.2, 0.25) is 0 Å². The molecule has 0 aliphatic carbocycles. The van der Waals surface area contributed by atoms with E-state index in [2.05, 4.69) is 45.2 Å². The van der Waals surface area contributed by atoms with Crippen LogP contribution in [0.1, 0.15) is 25.3 Å². The van der Waals surface area contributed by atoms with Crippen molar-refractivity contribution in [1.82, 2.24) is 10.2 Å². The molecule has 1 spiro atoms. The molecule has 0 atom stereocenters. The summed E-state index contributed by atoms with van der Waals surface area (Å²) in [5.74, 6) is 0. The van der Waals surface area contributed by atoms with Gasteiger partial charge in [0, 0.05) is 36.0 Å². The zero-order valence-electron chi connectivity index (χ0n) is 11.5. The molecular formula is C15H18BrN3S. The second kappa shape index (κ2) is 5.54. The van der Waals surface area contributed by atoms with Gasteiger partial charge in [-0.2, -0.15) is 0 Å². The maximum atomic E-state index is 5.50. The summed E-state index contributed by atoms with van der Waals surface area (Å²) in [4.78, 5) is 8.20. The van der Waals surface area contributed by atoms with Crippen LogP contribution in [0.25, 0.3) is 0 Å². The Kier molecular flexibility index (Phi) is 3.93. The topological polar surface area (TPSA) is 27.6 Å².